The molecule has 0 aliphatic heterocycles. The van der Waals surface area contributed by atoms with E-state index in [-0.39, 0.29) is 18.0 Å². The molecule has 0 heterocycles. The molecular formula is C18H30O4. The van der Waals surface area contributed by atoms with Crippen molar-refractivity contribution in [1.29, 1.82) is 0 Å². The second-order valence-electron chi connectivity index (χ2n) is 6.53. The van der Waals surface area contributed by atoms with Gasteiger partial charge in [-0.05, 0) is 26.2 Å². The fourth-order valence-corrected chi connectivity index (χ4v) is 3.32. The predicted octanol–water partition coefficient (Wildman–Crippen LogP) is 4.00. The van der Waals surface area contributed by atoms with Crippen LogP contribution < -0.4 is 0 Å². The molecule has 1 fully saturated rings. The highest BCUT2D eigenvalue weighted by Gasteiger charge is 2.45. The molecule has 0 bridgehead atoms. The van der Waals surface area contributed by atoms with Crippen LogP contribution in [-0.4, -0.2) is 24.6 Å². The molecule has 1 rings (SSSR count). The molecule has 1 aliphatic carbocycles. The maximum atomic E-state index is 12.8. The zero-order chi connectivity index (χ0) is 16.4. The van der Waals surface area contributed by atoms with Crippen LogP contribution in [0.3, 0.4) is 0 Å². The highest BCUT2D eigenvalue weighted by Crippen LogP contribution is 2.36. The van der Waals surface area contributed by atoms with E-state index in [1.165, 1.54) is 26.9 Å². The van der Waals surface area contributed by atoms with Crippen molar-refractivity contribution in [2.45, 2.75) is 84.0 Å². The summed E-state index contributed by atoms with van der Waals surface area (Å²) in [5.74, 6) is -0.459. The Bertz CT molecular complexity index is 389. The van der Waals surface area contributed by atoms with E-state index < -0.39 is 11.4 Å². The summed E-state index contributed by atoms with van der Waals surface area (Å²) in [6, 6.07) is 0. The summed E-state index contributed by atoms with van der Waals surface area (Å²) in [6.45, 7) is 1.50. The van der Waals surface area contributed by atoms with E-state index in [1.54, 1.807) is 0 Å². The van der Waals surface area contributed by atoms with Gasteiger partial charge in [0.05, 0.1) is 7.11 Å². The zero-order valence-electron chi connectivity index (χ0n) is 14.1. The average molecular weight is 310 g/mol. The van der Waals surface area contributed by atoms with Crippen molar-refractivity contribution in [3.05, 3.63) is 0 Å². The molecule has 0 saturated heterocycles. The summed E-state index contributed by atoms with van der Waals surface area (Å²) in [6.07, 6.45) is 10.0. The van der Waals surface area contributed by atoms with Gasteiger partial charge in [0.25, 0.3) is 0 Å². The Kier molecular flexibility index (Phi) is 8.36. The number of methoxy groups -OCH3 is 1. The lowest BCUT2D eigenvalue weighted by atomic mass is 9.73. The molecule has 0 N–H and O–H groups in total. The van der Waals surface area contributed by atoms with Gasteiger partial charge in [0, 0.05) is 12.8 Å². The molecule has 0 spiro atoms. The molecule has 0 aromatic heterocycles. The Morgan fingerprint density at radius 1 is 1.00 bits per heavy atom. The molecule has 1 unspecified atom stereocenters. The maximum absolute atomic E-state index is 12.8. The largest absolute Gasteiger partial charge is 0.468 e. The van der Waals surface area contributed by atoms with Gasteiger partial charge in [-0.15, -0.1) is 0 Å². The van der Waals surface area contributed by atoms with E-state index in [2.05, 4.69) is 0 Å². The first-order valence-corrected chi connectivity index (χ1v) is 8.64. The third-order valence-electron chi connectivity index (χ3n) is 4.77. The molecule has 1 atom stereocenters. The molecule has 126 valence electrons. The lowest BCUT2D eigenvalue weighted by molar-refractivity contribution is -0.159. The molecule has 4 nitrogen and oxygen atoms in total. The number of ether oxygens (including phenoxy) is 1. The SMILES string of the molecule is COC(=O)C1(CCC(C)=O)CCCCCCCCCCC1=O. The molecule has 1 saturated carbocycles. The Balaban J connectivity index is 2.92. The van der Waals surface area contributed by atoms with E-state index in [1.807, 2.05) is 0 Å². The van der Waals surface area contributed by atoms with Gasteiger partial charge in [-0.2, -0.15) is 0 Å². The van der Waals surface area contributed by atoms with Crippen molar-refractivity contribution >= 4 is 17.5 Å². The number of hydrogen-bond acceptors (Lipinski definition) is 4. The molecule has 4 heteroatoms. The van der Waals surface area contributed by atoms with Crippen molar-refractivity contribution < 1.29 is 19.1 Å². The van der Waals surface area contributed by atoms with Gasteiger partial charge >= 0.3 is 5.97 Å². The maximum Gasteiger partial charge on any atom is 0.319 e. The number of esters is 1. The average Bonchev–Trinajstić information content (AvgIpc) is 2.49. The summed E-state index contributed by atoms with van der Waals surface area (Å²) in [7, 11) is 1.33. The van der Waals surface area contributed by atoms with Gasteiger partial charge in [0.2, 0.25) is 0 Å². The first kappa shape index (κ1) is 18.9. The van der Waals surface area contributed by atoms with E-state index in [9.17, 15) is 14.4 Å². The molecule has 0 aromatic carbocycles. The van der Waals surface area contributed by atoms with Crippen molar-refractivity contribution in [1.82, 2.24) is 0 Å². The van der Waals surface area contributed by atoms with Crippen LogP contribution in [-0.2, 0) is 19.1 Å². The van der Waals surface area contributed by atoms with Crippen LogP contribution in [0.4, 0.5) is 0 Å². The summed E-state index contributed by atoms with van der Waals surface area (Å²) in [5.41, 5.74) is -1.10. The Morgan fingerprint density at radius 2 is 1.55 bits per heavy atom. The van der Waals surface area contributed by atoms with E-state index in [0.29, 0.717) is 19.3 Å². The van der Waals surface area contributed by atoms with Crippen LogP contribution in [0, 0.1) is 5.41 Å². The minimum absolute atomic E-state index is 0.0159. The quantitative estimate of drug-likeness (QED) is 0.581. The number of hydrogen-bond donors (Lipinski definition) is 0. The van der Waals surface area contributed by atoms with Crippen molar-refractivity contribution in [2.75, 3.05) is 7.11 Å². The molecule has 0 radical (unpaired) electrons. The van der Waals surface area contributed by atoms with Crippen LogP contribution in [0.2, 0.25) is 0 Å². The summed E-state index contributed by atoms with van der Waals surface area (Å²) >= 11 is 0. The van der Waals surface area contributed by atoms with Crippen LogP contribution in [0.5, 0.6) is 0 Å². The second-order valence-corrected chi connectivity index (χ2v) is 6.53. The predicted molar refractivity (Wildman–Crippen MR) is 85.5 cm³/mol. The van der Waals surface area contributed by atoms with E-state index >= 15 is 0 Å². The van der Waals surface area contributed by atoms with Crippen LogP contribution in [0.15, 0.2) is 0 Å². The smallest absolute Gasteiger partial charge is 0.319 e. The van der Waals surface area contributed by atoms with Crippen LogP contribution in [0.25, 0.3) is 0 Å². The third kappa shape index (κ3) is 5.54. The van der Waals surface area contributed by atoms with E-state index in [0.717, 1.165) is 38.5 Å². The van der Waals surface area contributed by atoms with Gasteiger partial charge < -0.3 is 9.53 Å². The fourth-order valence-electron chi connectivity index (χ4n) is 3.32. The van der Waals surface area contributed by atoms with Gasteiger partial charge in [-0.3, -0.25) is 9.59 Å². The molecule has 0 aromatic rings. The first-order valence-electron chi connectivity index (χ1n) is 8.64. The number of ketones is 2. The fraction of sp³-hybridized carbons (Fsp3) is 0.833. The molecule has 0 amide bonds. The monoisotopic (exact) mass is 310 g/mol. The third-order valence-corrected chi connectivity index (χ3v) is 4.77. The van der Waals surface area contributed by atoms with Gasteiger partial charge in [-0.25, -0.2) is 0 Å². The summed E-state index contributed by atoms with van der Waals surface area (Å²) in [5, 5.41) is 0. The summed E-state index contributed by atoms with van der Waals surface area (Å²) < 4.78 is 4.95. The Morgan fingerprint density at radius 3 is 2.09 bits per heavy atom. The number of rotatable bonds is 4. The second kappa shape index (κ2) is 9.75. The minimum atomic E-state index is -1.10. The topological polar surface area (TPSA) is 60.4 Å². The first-order chi connectivity index (χ1) is 10.5. The van der Waals surface area contributed by atoms with Crippen molar-refractivity contribution in [2.24, 2.45) is 5.41 Å². The van der Waals surface area contributed by atoms with Gasteiger partial charge in [0.1, 0.15) is 17.0 Å². The highest BCUT2D eigenvalue weighted by atomic mass is 16.5. The highest BCUT2D eigenvalue weighted by molar-refractivity contribution is 6.04. The number of carbonyl (C=O) groups excluding carboxylic acids is 3. The lowest BCUT2D eigenvalue weighted by Crippen LogP contribution is -2.41. The van der Waals surface area contributed by atoms with Crippen LogP contribution >= 0.6 is 0 Å². The Labute approximate surface area is 134 Å². The standard InChI is InChI=1S/C18H30O4/c1-15(19)12-14-18(17(21)22-2)13-10-8-6-4-3-5-7-9-11-16(18)20/h3-14H2,1-2H3. The molecule has 22 heavy (non-hydrogen) atoms. The van der Waals surface area contributed by atoms with Crippen LogP contribution in [0.1, 0.15) is 84.0 Å². The van der Waals surface area contributed by atoms with Gasteiger partial charge in [-0.1, -0.05) is 44.9 Å². The van der Waals surface area contributed by atoms with Crippen molar-refractivity contribution in [3.8, 4) is 0 Å². The number of Topliss-reactive ketones (excluding diaryl/α,β-unsaturated/α-hetero) is 2. The minimum Gasteiger partial charge on any atom is -0.468 e. The molecular weight excluding hydrogens is 280 g/mol. The lowest BCUT2D eigenvalue weighted by Gasteiger charge is -2.30. The van der Waals surface area contributed by atoms with E-state index in [4.69, 9.17) is 4.74 Å². The number of carbonyl (C=O) groups is 3. The normalized spacial score (nSPS) is 24.9. The summed E-state index contributed by atoms with van der Waals surface area (Å²) in [4.78, 5) is 36.5. The Hall–Kier alpha value is -1.19. The zero-order valence-corrected chi connectivity index (χ0v) is 14.1. The molecule has 1 aliphatic rings. The van der Waals surface area contributed by atoms with Crippen molar-refractivity contribution in [3.63, 3.8) is 0 Å². The van der Waals surface area contributed by atoms with Gasteiger partial charge in [0.15, 0.2) is 0 Å².